The predicted molar refractivity (Wildman–Crippen MR) is 68.4 cm³/mol. The minimum absolute atomic E-state index is 0.0626. The van der Waals surface area contributed by atoms with E-state index < -0.39 is 0 Å². The summed E-state index contributed by atoms with van der Waals surface area (Å²) < 4.78 is 5.50. The van der Waals surface area contributed by atoms with Crippen molar-refractivity contribution in [3.63, 3.8) is 0 Å². The van der Waals surface area contributed by atoms with E-state index >= 15 is 0 Å². The lowest BCUT2D eigenvalue weighted by Gasteiger charge is -2.07. The Balaban J connectivity index is 1.88. The molecule has 0 atom stereocenters. The van der Waals surface area contributed by atoms with E-state index in [-0.39, 0.29) is 5.91 Å². The van der Waals surface area contributed by atoms with Gasteiger partial charge in [-0.2, -0.15) is 11.3 Å². The summed E-state index contributed by atoms with van der Waals surface area (Å²) in [7, 11) is 3.47. The molecule has 0 aliphatic carbocycles. The normalized spacial score (nSPS) is 10.6. The van der Waals surface area contributed by atoms with Crippen LogP contribution >= 0.6 is 11.3 Å². The maximum absolute atomic E-state index is 11.4. The number of aromatic nitrogens is 2. The third-order valence-corrected chi connectivity index (χ3v) is 3.23. The summed E-state index contributed by atoms with van der Waals surface area (Å²) in [4.78, 5) is 13.0. The molecule has 0 aliphatic heterocycles. The molecule has 0 N–H and O–H groups in total. The Morgan fingerprint density at radius 1 is 1.39 bits per heavy atom. The molecule has 96 valence electrons. The second-order valence-corrected chi connectivity index (χ2v) is 4.97. The van der Waals surface area contributed by atoms with E-state index in [1.54, 1.807) is 30.3 Å². The van der Waals surface area contributed by atoms with Gasteiger partial charge in [-0.15, -0.1) is 10.2 Å². The van der Waals surface area contributed by atoms with Crippen LogP contribution in [0.5, 0.6) is 0 Å². The monoisotopic (exact) mass is 265 g/mol. The molecule has 0 aliphatic rings. The predicted octanol–water partition coefficient (Wildman–Crippen LogP) is 1.74. The van der Waals surface area contributed by atoms with Crippen molar-refractivity contribution < 1.29 is 9.21 Å². The molecule has 2 aromatic rings. The summed E-state index contributed by atoms with van der Waals surface area (Å²) in [5.74, 6) is 1.18. The van der Waals surface area contributed by atoms with Gasteiger partial charge in [0.1, 0.15) is 0 Å². The largest absolute Gasteiger partial charge is 0.425 e. The molecule has 0 saturated carbocycles. The zero-order valence-corrected chi connectivity index (χ0v) is 11.2. The van der Waals surface area contributed by atoms with Gasteiger partial charge in [-0.1, -0.05) is 0 Å². The lowest BCUT2D eigenvalue weighted by Crippen LogP contribution is -2.21. The molecule has 0 fully saturated rings. The van der Waals surface area contributed by atoms with Crippen LogP contribution in [0.1, 0.15) is 23.8 Å². The average Bonchev–Trinajstić information content (AvgIpc) is 2.98. The molecular formula is C12H15N3O2S. The Kier molecular flexibility index (Phi) is 4.09. The Morgan fingerprint density at radius 2 is 2.17 bits per heavy atom. The molecular weight excluding hydrogens is 250 g/mol. The zero-order chi connectivity index (χ0) is 13.0. The van der Waals surface area contributed by atoms with E-state index in [9.17, 15) is 4.79 Å². The van der Waals surface area contributed by atoms with Gasteiger partial charge in [0, 0.05) is 26.9 Å². The van der Waals surface area contributed by atoms with E-state index in [4.69, 9.17) is 4.42 Å². The lowest BCUT2D eigenvalue weighted by molar-refractivity contribution is -0.128. The molecule has 0 unspecified atom stereocenters. The summed E-state index contributed by atoms with van der Waals surface area (Å²) in [6, 6.07) is 2.03. The molecule has 0 aromatic carbocycles. The van der Waals surface area contributed by atoms with Gasteiger partial charge < -0.3 is 9.32 Å². The highest BCUT2D eigenvalue weighted by molar-refractivity contribution is 7.07. The number of thiophene rings is 1. The van der Waals surface area contributed by atoms with E-state index in [0.717, 1.165) is 0 Å². The van der Waals surface area contributed by atoms with Gasteiger partial charge >= 0.3 is 0 Å². The molecule has 18 heavy (non-hydrogen) atoms. The smallest absolute Gasteiger partial charge is 0.222 e. The van der Waals surface area contributed by atoms with Crippen molar-refractivity contribution in [2.24, 2.45) is 0 Å². The first kappa shape index (κ1) is 12.8. The van der Waals surface area contributed by atoms with Crippen molar-refractivity contribution in [2.75, 3.05) is 14.1 Å². The topological polar surface area (TPSA) is 59.2 Å². The second kappa shape index (κ2) is 5.77. The molecule has 5 nitrogen and oxygen atoms in total. The first-order chi connectivity index (χ1) is 8.65. The molecule has 2 aromatic heterocycles. The molecule has 6 heteroatoms. The first-order valence-electron chi connectivity index (χ1n) is 5.67. The van der Waals surface area contributed by atoms with E-state index in [1.165, 1.54) is 5.56 Å². The Hall–Kier alpha value is -1.69. The number of hydrogen-bond acceptors (Lipinski definition) is 5. The number of aryl methyl sites for hydroxylation is 1. The Labute approximate surface area is 109 Å². The minimum atomic E-state index is 0.0626. The number of hydrogen-bond donors (Lipinski definition) is 0. The van der Waals surface area contributed by atoms with Crippen molar-refractivity contribution >= 4 is 17.2 Å². The molecule has 2 heterocycles. The quantitative estimate of drug-likeness (QED) is 0.826. The highest BCUT2D eigenvalue weighted by atomic mass is 32.1. The molecule has 0 radical (unpaired) electrons. The Bertz CT molecular complexity index is 505. The third-order valence-electron chi connectivity index (χ3n) is 2.50. The van der Waals surface area contributed by atoms with Gasteiger partial charge in [0.15, 0.2) is 0 Å². The van der Waals surface area contributed by atoms with Gasteiger partial charge in [-0.05, 0) is 22.4 Å². The fourth-order valence-electron chi connectivity index (χ4n) is 1.47. The van der Waals surface area contributed by atoms with Crippen molar-refractivity contribution in [2.45, 2.75) is 19.3 Å². The number of nitrogens with zero attached hydrogens (tertiary/aromatic N) is 3. The van der Waals surface area contributed by atoms with Gasteiger partial charge in [0.2, 0.25) is 17.7 Å². The molecule has 0 saturated heterocycles. The van der Waals surface area contributed by atoms with Crippen molar-refractivity contribution in [1.82, 2.24) is 15.1 Å². The zero-order valence-electron chi connectivity index (χ0n) is 10.4. The van der Waals surface area contributed by atoms with Crippen LogP contribution in [0.4, 0.5) is 0 Å². The molecule has 1 amide bonds. The lowest BCUT2D eigenvalue weighted by atomic mass is 10.2. The van der Waals surface area contributed by atoms with E-state index in [2.05, 4.69) is 15.6 Å². The van der Waals surface area contributed by atoms with Crippen LogP contribution in [0.25, 0.3) is 0 Å². The number of carbonyl (C=O) groups is 1. The van der Waals surface area contributed by atoms with Crippen molar-refractivity contribution in [3.8, 4) is 0 Å². The van der Waals surface area contributed by atoms with Gasteiger partial charge in [0.25, 0.3) is 0 Å². The van der Waals surface area contributed by atoms with Crippen LogP contribution < -0.4 is 0 Å². The maximum Gasteiger partial charge on any atom is 0.222 e. The highest BCUT2D eigenvalue weighted by Crippen LogP contribution is 2.12. The van der Waals surface area contributed by atoms with Gasteiger partial charge in [-0.25, -0.2) is 0 Å². The van der Waals surface area contributed by atoms with Crippen molar-refractivity contribution in [1.29, 1.82) is 0 Å². The van der Waals surface area contributed by atoms with E-state index in [1.807, 2.05) is 11.4 Å². The van der Waals surface area contributed by atoms with E-state index in [0.29, 0.717) is 31.0 Å². The summed E-state index contributed by atoms with van der Waals surface area (Å²) in [6.07, 6.45) is 1.54. The average molecular weight is 265 g/mol. The summed E-state index contributed by atoms with van der Waals surface area (Å²) in [5.41, 5.74) is 1.17. The fourth-order valence-corrected chi connectivity index (χ4v) is 2.13. The molecule has 0 spiro atoms. The fraction of sp³-hybridized carbons (Fsp3) is 0.417. The summed E-state index contributed by atoms with van der Waals surface area (Å²) >= 11 is 1.64. The first-order valence-corrected chi connectivity index (χ1v) is 6.62. The van der Waals surface area contributed by atoms with Crippen LogP contribution in [0.15, 0.2) is 21.2 Å². The van der Waals surface area contributed by atoms with Gasteiger partial charge in [0.05, 0.1) is 6.42 Å². The summed E-state index contributed by atoms with van der Waals surface area (Å²) in [5, 5.41) is 12.0. The third kappa shape index (κ3) is 3.40. The minimum Gasteiger partial charge on any atom is -0.425 e. The second-order valence-electron chi connectivity index (χ2n) is 4.19. The van der Waals surface area contributed by atoms with Crippen molar-refractivity contribution in [3.05, 3.63) is 34.2 Å². The summed E-state index contributed by atoms with van der Waals surface area (Å²) in [6.45, 7) is 0. The number of carbonyl (C=O) groups excluding carboxylic acids is 1. The van der Waals surface area contributed by atoms with Crippen LogP contribution in [0.2, 0.25) is 0 Å². The molecule has 0 bridgehead atoms. The maximum atomic E-state index is 11.4. The number of rotatable bonds is 5. The van der Waals surface area contributed by atoms with Crippen LogP contribution in [0, 0.1) is 0 Å². The standard InChI is InChI=1S/C12H15N3O2S/c1-15(2)12(16)4-3-10-13-14-11(17-10)7-9-5-6-18-8-9/h5-6,8H,3-4,7H2,1-2H3. The van der Waals surface area contributed by atoms with Gasteiger partial charge in [-0.3, -0.25) is 4.79 Å². The van der Waals surface area contributed by atoms with Crippen LogP contribution in [-0.4, -0.2) is 35.1 Å². The van der Waals surface area contributed by atoms with Crippen LogP contribution in [0.3, 0.4) is 0 Å². The molecule has 2 rings (SSSR count). The van der Waals surface area contributed by atoms with Crippen LogP contribution in [-0.2, 0) is 17.6 Å². The highest BCUT2D eigenvalue weighted by Gasteiger charge is 2.10. The SMILES string of the molecule is CN(C)C(=O)CCc1nnc(Cc2ccsc2)o1. The Morgan fingerprint density at radius 3 is 2.83 bits per heavy atom. The number of amides is 1.